The molecule has 0 saturated heterocycles. The summed E-state index contributed by atoms with van der Waals surface area (Å²) in [6, 6.07) is 31.0. The fourth-order valence-corrected chi connectivity index (χ4v) is 4.33. The molecule has 0 spiro atoms. The van der Waals surface area contributed by atoms with Crippen molar-refractivity contribution in [3.8, 4) is 5.75 Å². The summed E-state index contributed by atoms with van der Waals surface area (Å²) in [4.78, 5) is 4.42. The summed E-state index contributed by atoms with van der Waals surface area (Å²) in [5.41, 5.74) is 5.47. The van der Waals surface area contributed by atoms with Crippen molar-refractivity contribution in [1.29, 1.82) is 0 Å². The number of hydrogen-bond donors (Lipinski definition) is 2. The minimum Gasteiger partial charge on any atom is -0.505 e. The molecule has 0 aliphatic carbocycles. The van der Waals surface area contributed by atoms with E-state index in [0.29, 0.717) is 6.54 Å². The highest BCUT2D eigenvalue weighted by Gasteiger charge is 2.31. The largest absolute Gasteiger partial charge is 0.505 e. The van der Waals surface area contributed by atoms with Gasteiger partial charge in [-0.3, -0.25) is 4.98 Å². The van der Waals surface area contributed by atoms with Crippen LogP contribution < -0.4 is 5.32 Å². The SMILES string of the molecule is CC(C)(c1ccccc1)c1cc(NCc2ccccn2)c(O)c(C(C)(C)c2ccccc2)c1. The summed E-state index contributed by atoms with van der Waals surface area (Å²) in [7, 11) is 0. The molecule has 0 amide bonds. The first-order valence-electron chi connectivity index (χ1n) is 11.4. The maximum absolute atomic E-state index is 11.4. The van der Waals surface area contributed by atoms with Crippen molar-refractivity contribution in [1.82, 2.24) is 4.98 Å². The van der Waals surface area contributed by atoms with E-state index < -0.39 is 0 Å². The Morgan fingerprint density at radius 3 is 1.85 bits per heavy atom. The number of nitrogens with one attached hydrogen (secondary N) is 1. The second-order valence-electron chi connectivity index (χ2n) is 9.58. The number of hydrogen-bond acceptors (Lipinski definition) is 3. The van der Waals surface area contributed by atoms with Gasteiger partial charge in [-0.15, -0.1) is 0 Å². The minimum absolute atomic E-state index is 0.238. The van der Waals surface area contributed by atoms with Gasteiger partial charge in [0.05, 0.1) is 17.9 Å². The number of benzene rings is 3. The van der Waals surface area contributed by atoms with Crippen molar-refractivity contribution >= 4 is 5.69 Å². The first kappa shape index (κ1) is 22.6. The fraction of sp³-hybridized carbons (Fsp3) is 0.233. The standard InChI is InChI=1S/C30H32N2O/c1-29(2,22-13-7-5-8-14-22)24-19-26(30(3,4)23-15-9-6-10-16-23)28(33)27(20-24)32-21-25-17-11-12-18-31-25/h5-20,32-33H,21H2,1-4H3. The maximum Gasteiger partial charge on any atom is 0.142 e. The van der Waals surface area contributed by atoms with Crippen LogP contribution in [-0.2, 0) is 17.4 Å². The van der Waals surface area contributed by atoms with Crippen molar-refractivity contribution in [2.45, 2.75) is 45.1 Å². The van der Waals surface area contributed by atoms with E-state index in [1.165, 1.54) is 5.56 Å². The second-order valence-corrected chi connectivity index (χ2v) is 9.58. The Balaban J connectivity index is 1.84. The van der Waals surface area contributed by atoms with Gasteiger partial charge in [0.15, 0.2) is 0 Å². The van der Waals surface area contributed by atoms with Crippen LogP contribution in [0.25, 0.3) is 0 Å². The van der Waals surface area contributed by atoms with Crippen molar-refractivity contribution in [2.75, 3.05) is 5.32 Å². The second kappa shape index (κ2) is 9.11. The molecule has 2 N–H and O–H groups in total. The molecule has 3 nitrogen and oxygen atoms in total. The third kappa shape index (κ3) is 4.63. The Kier molecular flexibility index (Phi) is 6.24. The Labute approximate surface area is 197 Å². The van der Waals surface area contributed by atoms with E-state index in [1.807, 2.05) is 42.5 Å². The minimum atomic E-state index is -0.379. The van der Waals surface area contributed by atoms with Gasteiger partial charge in [0.25, 0.3) is 0 Å². The molecule has 4 rings (SSSR count). The first-order valence-corrected chi connectivity index (χ1v) is 11.4. The van der Waals surface area contributed by atoms with Crippen LogP contribution in [0.15, 0.2) is 97.2 Å². The molecule has 33 heavy (non-hydrogen) atoms. The quantitative estimate of drug-likeness (QED) is 0.305. The Morgan fingerprint density at radius 1 is 0.697 bits per heavy atom. The van der Waals surface area contributed by atoms with Crippen molar-refractivity contribution in [3.05, 3.63) is 125 Å². The van der Waals surface area contributed by atoms with Gasteiger partial charge >= 0.3 is 0 Å². The van der Waals surface area contributed by atoms with Crippen LogP contribution >= 0.6 is 0 Å². The molecule has 168 valence electrons. The molecule has 3 aromatic carbocycles. The zero-order valence-corrected chi connectivity index (χ0v) is 19.8. The van der Waals surface area contributed by atoms with Crippen LogP contribution in [0, 0.1) is 0 Å². The molecule has 0 fully saturated rings. The molecule has 1 heterocycles. The number of anilines is 1. The van der Waals surface area contributed by atoms with Crippen LogP contribution in [0.1, 0.15) is 55.6 Å². The molecule has 0 aliphatic rings. The van der Waals surface area contributed by atoms with Gasteiger partial charge in [0.2, 0.25) is 0 Å². The van der Waals surface area contributed by atoms with Gasteiger partial charge in [-0.25, -0.2) is 0 Å². The lowest BCUT2D eigenvalue weighted by atomic mass is 9.72. The smallest absolute Gasteiger partial charge is 0.142 e. The predicted octanol–water partition coefficient (Wildman–Crippen LogP) is 7.05. The van der Waals surface area contributed by atoms with Crippen LogP contribution in [0.4, 0.5) is 5.69 Å². The maximum atomic E-state index is 11.4. The molecule has 0 bridgehead atoms. The molecule has 0 radical (unpaired) electrons. The lowest BCUT2D eigenvalue weighted by Gasteiger charge is -2.32. The lowest BCUT2D eigenvalue weighted by molar-refractivity contribution is 0.453. The number of phenols is 1. The Morgan fingerprint density at radius 2 is 1.27 bits per heavy atom. The van der Waals surface area contributed by atoms with E-state index in [4.69, 9.17) is 0 Å². The lowest BCUT2D eigenvalue weighted by Crippen LogP contribution is -2.24. The van der Waals surface area contributed by atoms with Gasteiger partial charge in [0.1, 0.15) is 5.75 Å². The van der Waals surface area contributed by atoms with E-state index in [9.17, 15) is 5.11 Å². The number of nitrogens with zero attached hydrogens (tertiary/aromatic N) is 1. The number of pyridine rings is 1. The highest BCUT2D eigenvalue weighted by molar-refractivity contribution is 5.66. The summed E-state index contributed by atoms with van der Waals surface area (Å²) >= 11 is 0. The summed E-state index contributed by atoms with van der Waals surface area (Å²) in [5.74, 6) is 0.285. The molecule has 4 aromatic rings. The third-order valence-electron chi connectivity index (χ3n) is 6.68. The fourth-order valence-electron chi connectivity index (χ4n) is 4.33. The zero-order chi connectivity index (χ0) is 23.5. The molecule has 0 saturated carbocycles. The summed E-state index contributed by atoms with van der Waals surface area (Å²) in [6.45, 7) is 9.33. The molecule has 1 aromatic heterocycles. The van der Waals surface area contributed by atoms with E-state index in [2.05, 4.69) is 86.5 Å². The van der Waals surface area contributed by atoms with Crippen LogP contribution in [0.3, 0.4) is 0 Å². The number of aromatic nitrogens is 1. The summed E-state index contributed by atoms with van der Waals surface area (Å²) < 4.78 is 0. The Bertz CT molecular complexity index is 1200. The average molecular weight is 437 g/mol. The normalized spacial score (nSPS) is 11.9. The number of rotatable bonds is 7. The first-order chi connectivity index (χ1) is 15.8. The summed E-state index contributed by atoms with van der Waals surface area (Å²) in [6.07, 6.45) is 1.79. The van der Waals surface area contributed by atoms with Gasteiger partial charge in [-0.2, -0.15) is 0 Å². The van der Waals surface area contributed by atoms with Crippen LogP contribution in [0.5, 0.6) is 5.75 Å². The average Bonchev–Trinajstić information content (AvgIpc) is 2.85. The van der Waals surface area contributed by atoms with E-state index in [-0.39, 0.29) is 16.6 Å². The molecule has 0 atom stereocenters. The van der Waals surface area contributed by atoms with Gasteiger partial charge in [0, 0.05) is 22.6 Å². The molecule has 3 heteroatoms. The van der Waals surface area contributed by atoms with Crippen LogP contribution in [-0.4, -0.2) is 10.1 Å². The van der Waals surface area contributed by atoms with Gasteiger partial charge in [-0.1, -0.05) is 100 Å². The summed E-state index contributed by atoms with van der Waals surface area (Å²) in [5, 5.41) is 14.9. The van der Waals surface area contributed by atoms with E-state index in [0.717, 1.165) is 28.1 Å². The molecule has 0 aliphatic heterocycles. The molecule has 0 unspecified atom stereocenters. The van der Waals surface area contributed by atoms with Crippen LogP contribution in [0.2, 0.25) is 0 Å². The molecular formula is C30H32N2O. The van der Waals surface area contributed by atoms with Crippen molar-refractivity contribution < 1.29 is 5.11 Å². The zero-order valence-electron chi connectivity index (χ0n) is 19.8. The monoisotopic (exact) mass is 436 g/mol. The molecular weight excluding hydrogens is 404 g/mol. The van der Waals surface area contributed by atoms with Gasteiger partial charge < -0.3 is 10.4 Å². The number of phenolic OH excluding ortho intramolecular Hbond substituents is 1. The predicted molar refractivity (Wildman–Crippen MR) is 137 cm³/mol. The van der Waals surface area contributed by atoms with Gasteiger partial charge in [-0.05, 0) is 34.9 Å². The highest BCUT2D eigenvalue weighted by atomic mass is 16.3. The van der Waals surface area contributed by atoms with Crippen molar-refractivity contribution in [3.63, 3.8) is 0 Å². The van der Waals surface area contributed by atoms with Crippen molar-refractivity contribution in [2.24, 2.45) is 0 Å². The Hall–Kier alpha value is -3.59. The topological polar surface area (TPSA) is 45.2 Å². The van der Waals surface area contributed by atoms with E-state index >= 15 is 0 Å². The van der Waals surface area contributed by atoms with E-state index in [1.54, 1.807) is 6.20 Å². The number of aromatic hydroxyl groups is 1. The third-order valence-corrected chi connectivity index (χ3v) is 6.68. The highest BCUT2D eigenvalue weighted by Crippen LogP contribution is 2.44.